The third kappa shape index (κ3) is 2.62. The Hall–Kier alpha value is -2.42. The summed E-state index contributed by atoms with van der Waals surface area (Å²) in [7, 11) is 0. The molecule has 2 rings (SSSR count). The summed E-state index contributed by atoms with van der Waals surface area (Å²) in [6, 6.07) is 8.77. The van der Waals surface area contributed by atoms with E-state index in [1.54, 1.807) is 10.7 Å². The number of halogens is 3. The molecule has 0 aliphatic rings. The third-order valence-corrected chi connectivity index (χ3v) is 2.96. The molecule has 0 spiro atoms. The first-order valence-electron chi connectivity index (χ1n) is 5.86. The first kappa shape index (κ1) is 14.0. The van der Waals surface area contributed by atoms with Crippen LogP contribution in [0.3, 0.4) is 0 Å². The Kier molecular flexibility index (Phi) is 3.45. The van der Waals surface area contributed by atoms with E-state index in [0.29, 0.717) is 5.69 Å². The molecule has 0 atom stereocenters. The van der Waals surface area contributed by atoms with Crippen molar-refractivity contribution in [1.29, 1.82) is 5.26 Å². The molecule has 0 saturated heterocycles. The van der Waals surface area contributed by atoms with Crippen molar-refractivity contribution in [2.75, 3.05) is 5.43 Å². The summed E-state index contributed by atoms with van der Waals surface area (Å²) in [5, 5.41) is 8.86. The van der Waals surface area contributed by atoms with Gasteiger partial charge in [-0.2, -0.15) is 18.4 Å². The summed E-state index contributed by atoms with van der Waals surface area (Å²) in [4.78, 5) is 0. The zero-order valence-corrected chi connectivity index (χ0v) is 10.9. The van der Waals surface area contributed by atoms with Crippen LogP contribution >= 0.6 is 0 Å². The highest BCUT2D eigenvalue weighted by atomic mass is 19.4. The number of aromatic nitrogens is 1. The Bertz CT molecular complexity index is 658. The van der Waals surface area contributed by atoms with E-state index in [2.05, 4.69) is 5.43 Å². The molecule has 0 bridgehead atoms. The number of nitriles is 1. The van der Waals surface area contributed by atoms with Crippen LogP contribution < -0.4 is 5.43 Å². The van der Waals surface area contributed by atoms with Gasteiger partial charge >= 0.3 is 6.18 Å². The first-order chi connectivity index (χ1) is 9.32. The molecule has 1 aromatic heterocycles. The Morgan fingerprint density at radius 1 is 1.10 bits per heavy atom. The van der Waals surface area contributed by atoms with E-state index in [4.69, 9.17) is 5.26 Å². The minimum atomic E-state index is -4.52. The molecule has 0 radical (unpaired) electrons. The summed E-state index contributed by atoms with van der Waals surface area (Å²) in [6.45, 7) is 3.74. The Morgan fingerprint density at radius 2 is 1.70 bits per heavy atom. The van der Waals surface area contributed by atoms with Crippen molar-refractivity contribution in [2.45, 2.75) is 20.0 Å². The van der Waals surface area contributed by atoms with Crippen molar-refractivity contribution in [3.05, 3.63) is 52.8 Å². The number of alkyl halides is 3. The van der Waals surface area contributed by atoms with Crippen molar-refractivity contribution >= 4 is 5.69 Å². The van der Waals surface area contributed by atoms with E-state index in [9.17, 15) is 13.2 Å². The van der Waals surface area contributed by atoms with Gasteiger partial charge in [-0.3, -0.25) is 10.1 Å². The van der Waals surface area contributed by atoms with E-state index in [1.165, 1.54) is 12.1 Å². The largest absolute Gasteiger partial charge is 0.417 e. The second-order valence-corrected chi connectivity index (χ2v) is 4.43. The SMILES string of the molecule is Cc1ccc(C)n1Nc1ccc(C(F)(F)F)c(C#N)c1. The van der Waals surface area contributed by atoms with Crippen LogP contribution in [0, 0.1) is 25.2 Å². The summed E-state index contributed by atoms with van der Waals surface area (Å²) in [6.07, 6.45) is -4.52. The van der Waals surface area contributed by atoms with Crippen LogP contribution in [-0.4, -0.2) is 4.68 Å². The Balaban J connectivity index is 2.39. The molecular weight excluding hydrogens is 267 g/mol. The number of hydrogen-bond acceptors (Lipinski definition) is 2. The third-order valence-electron chi connectivity index (χ3n) is 2.96. The minimum absolute atomic E-state index is 0.398. The normalized spacial score (nSPS) is 11.2. The van der Waals surface area contributed by atoms with Gasteiger partial charge in [-0.1, -0.05) is 0 Å². The topological polar surface area (TPSA) is 40.8 Å². The van der Waals surface area contributed by atoms with Crippen LogP contribution in [0.15, 0.2) is 30.3 Å². The molecular formula is C14H12F3N3. The Labute approximate surface area is 114 Å². The van der Waals surface area contributed by atoms with Gasteiger partial charge < -0.3 is 0 Å². The molecule has 0 aliphatic carbocycles. The highest BCUT2D eigenvalue weighted by Crippen LogP contribution is 2.33. The molecule has 0 fully saturated rings. The predicted molar refractivity (Wildman–Crippen MR) is 69.1 cm³/mol. The van der Waals surface area contributed by atoms with Crippen molar-refractivity contribution < 1.29 is 13.2 Å². The molecule has 1 heterocycles. The number of benzene rings is 1. The van der Waals surface area contributed by atoms with Gasteiger partial charge in [0.25, 0.3) is 0 Å². The lowest BCUT2D eigenvalue weighted by molar-refractivity contribution is -0.137. The number of nitrogens with zero attached hydrogens (tertiary/aromatic N) is 2. The molecule has 0 aliphatic heterocycles. The fraction of sp³-hybridized carbons (Fsp3) is 0.214. The first-order valence-corrected chi connectivity index (χ1v) is 5.86. The van der Waals surface area contributed by atoms with Crippen LogP contribution in [0.1, 0.15) is 22.5 Å². The van der Waals surface area contributed by atoms with E-state index >= 15 is 0 Å². The Morgan fingerprint density at radius 3 is 2.20 bits per heavy atom. The van der Waals surface area contributed by atoms with Crippen LogP contribution in [0.2, 0.25) is 0 Å². The van der Waals surface area contributed by atoms with Gasteiger partial charge in [-0.15, -0.1) is 0 Å². The summed E-state index contributed by atoms with van der Waals surface area (Å²) < 4.78 is 39.8. The quantitative estimate of drug-likeness (QED) is 0.906. The van der Waals surface area contributed by atoms with Crippen molar-refractivity contribution in [1.82, 2.24) is 4.68 Å². The predicted octanol–water partition coefficient (Wildman–Crippen LogP) is 3.87. The molecule has 104 valence electrons. The van der Waals surface area contributed by atoms with Gasteiger partial charge in [-0.25, -0.2) is 0 Å². The van der Waals surface area contributed by atoms with Crippen molar-refractivity contribution in [3.8, 4) is 6.07 Å². The molecule has 0 saturated carbocycles. The standard InChI is InChI=1S/C14H12F3N3/c1-9-3-4-10(2)20(9)19-12-5-6-13(14(15,16)17)11(7-12)8-18/h3-7,19H,1-2H3. The molecule has 2 aromatic rings. The zero-order chi connectivity index (χ0) is 14.9. The molecule has 1 aromatic carbocycles. The fourth-order valence-corrected chi connectivity index (χ4v) is 1.93. The monoisotopic (exact) mass is 279 g/mol. The van der Waals surface area contributed by atoms with Crippen LogP contribution in [0.5, 0.6) is 0 Å². The van der Waals surface area contributed by atoms with Crippen LogP contribution in [0.4, 0.5) is 18.9 Å². The van der Waals surface area contributed by atoms with Gasteiger partial charge in [0, 0.05) is 11.4 Å². The molecule has 6 heteroatoms. The van der Waals surface area contributed by atoms with Gasteiger partial charge in [0.05, 0.1) is 22.9 Å². The number of nitrogens with one attached hydrogen (secondary N) is 1. The smallest absolute Gasteiger partial charge is 0.294 e. The van der Waals surface area contributed by atoms with Crippen molar-refractivity contribution in [3.63, 3.8) is 0 Å². The lowest BCUT2D eigenvalue weighted by Crippen LogP contribution is -2.13. The maximum absolute atomic E-state index is 12.7. The average molecular weight is 279 g/mol. The summed E-state index contributed by atoms with van der Waals surface area (Å²) >= 11 is 0. The maximum Gasteiger partial charge on any atom is 0.417 e. The summed E-state index contributed by atoms with van der Waals surface area (Å²) in [5.74, 6) is 0. The molecule has 1 N–H and O–H groups in total. The van der Waals surface area contributed by atoms with Gasteiger partial charge in [-0.05, 0) is 44.2 Å². The van der Waals surface area contributed by atoms with Crippen LogP contribution in [-0.2, 0) is 6.18 Å². The fourth-order valence-electron chi connectivity index (χ4n) is 1.93. The van der Waals surface area contributed by atoms with E-state index < -0.39 is 17.3 Å². The molecule has 0 amide bonds. The second-order valence-electron chi connectivity index (χ2n) is 4.43. The molecule has 0 unspecified atom stereocenters. The number of anilines is 1. The van der Waals surface area contributed by atoms with E-state index in [1.807, 2.05) is 26.0 Å². The van der Waals surface area contributed by atoms with E-state index in [0.717, 1.165) is 17.5 Å². The van der Waals surface area contributed by atoms with Gasteiger partial charge in [0.15, 0.2) is 0 Å². The molecule has 3 nitrogen and oxygen atoms in total. The molecule has 20 heavy (non-hydrogen) atoms. The highest BCUT2D eigenvalue weighted by Gasteiger charge is 2.33. The van der Waals surface area contributed by atoms with Crippen LogP contribution in [0.25, 0.3) is 0 Å². The maximum atomic E-state index is 12.7. The van der Waals surface area contributed by atoms with Gasteiger partial charge in [0.2, 0.25) is 0 Å². The van der Waals surface area contributed by atoms with Gasteiger partial charge in [0.1, 0.15) is 0 Å². The summed E-state index contributed by atoms with van der Waals surface area (Å²) in [5.41, 5.74) is 3.91. The second kappa shape index (κ2) is 4.93. The number of rotatable bonds is 2. The highest BCUT2D eigenvalue weighted by molar-refractivity contribution is 5.53. The number of aryl methyl sites for hydroxylation is 2. The van der Waals surface area contributed by atoms with E-state index in [-0.39, 0.29) is 0 Å². The average Bonchev–Trinajstić information content (AvgIpc) is 2.69. The van der Waals surface area contributed by atoms with Crippen molar-refractivity contribution in [2.24, 2.45) is 0 Å². The number of hydrogen-bond donors (Lipinski definition) is 1. The minimum Gasteiger partial charge on any atom is -0.294 e. The lowest BCUT2D eigenvalue weighted by Gasteiger charge is -2.15. The lowest BCUT2D eigenvalue weighted by atomic mass is 10.1. The zero-order valence-electron chi connectivity index (χ0n) is 10.9.